The lowest BCUT2D eigenvalue weighted by Gasteiger charge is -2.40. The van der Waals surface area contributed by atoms with E-state index in [-0.39, 0.29) is 12.6 Å². The van der Waals surface area contributed by atoms with Gasteiger partial charge in [0.25, 0.3) is 0 Å². The molecule has 0 aromatic rings. The van der Waals surface area contributed by atoms with E-state index in [1.807, 2.05) is 6.92 Å². The Kier molecular flexibility index (Phi) is 5.29. The Bertz CT molecular complexity index is 339. The number of carbonyl (C=O) groups excluding carboxylic acids is 1. The Morgan fingerprint density at radius 3 is 2.30 bits per heavy atom. The highest BCUT2D eigenvalue weighted by molar-refractivity contribution is 5.68. The highest BCUT2D eigenvalue weighted by Crippen LogP contribution is 2.21. The fourth-order valence-electron chi connectivity index (χ4n) is 2.11. The van der Waals surface area contributed by atoms with Gasteiger partial charge in [0.05, 0.1) is 6.42 Å². The first-order valence-corrected chi connectivity index (χ1v) is 6.77. The highest BCUT2D eigenvalue weighted by Gasteiger charge is 2.33. The second-order valence-electron chi connectivity index (χ2n) is 6.19. The van der Waals surface area contributed by atoms with Gasteiger partial charge in [-0.1, -0.05) is 0 Å². The lowest BCUT2D eigenvalue weighted by Crippen LogP contribution is -2.55. The molecule has 0 radical (unpaired) electrons. The minimum Gasteiger partial charge on any atom is -0.444 e. The van der Waals surface area contributed by atoms with Gasteiger partial charge in [0, 0.05) is 32.2 Å². The molecular weight excluding hydrogens is 273 g/mol. The van der Waals surface area contributed by atoms with Crippen molar-refractivity contribution < 1.29 is 22.7 Å². The average Bonchev–Trinajstić information content (AvgIpc) is 2.22. The van der Waals surface area contributed by atoms with E-state index < -0.39 is 24.3 Å². The summed E-state index contributed by atoms with van der Waals surface area (Å²) in [6, 6.07) is -0.146. The number of hydrogen-bond donors (Lipinski definition) is 0. The summed E-state index contributed by atoms with van der Waals surface area (Å²) >= 11 is 0. The maximum atomic E-state index is 12.2. The normalized spacial score (nSPS) is 21.9. The van der Waals surface area contributed by atoms with Crippen molar-refractivity contribution >= 4 is 6.09 Å². The molecule has 7 heteroatoms. The minimum atomic E-state index is -4.13. The summed E-state index contributed by atoms with van der Waals surface area (Å²) in [6.07, 6.45) is -5.35. The Morgan fingerprint density at radius 1 is 1.25 bits per heavy atom. The number of ether oxygens (including phenoxy) is 1. The molecule has 1 rings (SSSR count). The molecule has 0 aliphatic carbocycles. The topological polar surface area (TPSA) is 32.8 Å². The van der Waals surface area contributed by atoms with Gasteiger partial charge >= 0.3 is 12.3 Å². The number of halogens is 3. The molecule has 0 aromatic heterocycles. The molecule has 20 heavy (non-hydrogen) atoms. The second kappa shape index (κ2) is 6.20. The van der Waals surface area contributed by atoms with Crippen molar-refractivity contribution in [1.29, 1.82) is 0 Å². The number of nitrogens with zero attached hydrogens (tertiary/aromatic N) is 2. The smallest absolute Gasteiger partial charge is 0.410 e. The van der Waals surface area contributed by atoms with E-state index in [4.69, 9.17) is 4.74 Å². The summed E-state index contributed by atoms with van der Waals surface area (Å²) in [4.78, 5) is 15.3. The van der Waals surface area contributed by atoms with Gasteiger partial charge in [0.1, 0.15) is 5.60 Å². The average molecular weight is 296 g/mol. The van der Waals surface area contributed by atoms with Crippen molar-refractivity contribution in [3.63, 3.8) is 0 Å². The van der Waals surface area contributed by atoms with Crippen molar-refractivity contribution in [2.75, 3.05) is 26.2 Å². The number of alkyl halides is 3. The van der Waals surface area contributed by atoms with Crippen molar-refractivity contribution in [3.8, 4) is 0 Å². The van der Waals surface area contributed by atoms with Crippen LogP contribution in [0.2, 0.25) is 0 Å². The molecule has 0 bridgehead atoms. The predicted molar refractivity (Wildman–Crippen MR) is 69.5 cm³/mol. The van der Waals surface area contributed by atoms with Gasteiger partial charge in [-0.15, -0.1) is 0 Å². The van der Waals surface area contributed by atoms with Gasteiger partial charge < -0.3 is 9.64 Å². The summed E-state index contributed by atoms with van der Waals surface area (Å²) in [5.74, 6) is 0. The molecule has 1 aliphatic rings. The van der Waals surface area contributed by atoms with E-state index in [1.165, 1.54) is 0 Å². The monoisotopic (exact) mass is 296 g/mol. The van der Waals surface area contributed by atoms with Gasteiger partial charge in [-0.25, -0.2) is 4.79 Å². The maximum Gasteiger partial charge on any atom is 0.410 e. The van der Waals surface area contributed by atoms with Crippen LogP contribution in [0.15, 0.2) is 0 Å². The largest absolute Gasteiger partial charge is 0.444 e. The Balaban J connectivity index is 2.45. The molecular formula is C13H23F3N2O2. The van der Waals surface area contributed by atoms with Crippen molar-refractivity contribution in [2.24, 2.45) is 0 Å². The van der Waals surface area contributed by atoms with Crippen LogP contribution in [0.25, 0.3) is 0 Å². The molecule has 4 nitrogen and oxygen atoms in total. The van der Waals surface area contributed by atoms with E-state index in [0.29, 0.717) is 19.6 Å². The van der Waals surface area contributed by atoms with Gasteiger partial charge in [0.15, 0.2) is 0 Å². The summed E-state index contributed by atoms with van der Waals surface area (Å²) in [7, 11) is 0. The third-order valence-electron chi connectivity index (χ3n) is 3.05. The van der Waals surface area contributed by atoms with Crippen LogP contribution in [0.4, 0.5) is 18.0 Å². The number of rotatable bonds is 2. The number of hydrogen-bond acceptors (Lipinski definition) is 3. The van der Waals surface area contributed by atoms with E-state index >= 15 is 0 Å². The molecule has 1 saturated heterocycles. The molecule has 1 amide bonds. The summed E-state index contributed by atoms with van der Waals surface area (Å²) in [5.41, 5.74) is -0.565. The van der Waals surface area contributed by atoms with Crippen LogP contribution in [-0.4, -0.2) is 59.9 Å². The lowest BCUT2D eigenvalue weighted by molar-refractivity contribution is -0.139. The molecule has 1 atom stereocenters. The van der Waals surface area contributed by atoms with Crippen molar-refractivity contribution in [1.82, 2.24) is 9.80 Å². The molecule has 0 spiro atoms. The molecule has 1 heterocycles. The quantitative estimate of drug-likeness (QED) is 0.785. The van der Waals surface area contributed by atoms with Gasteiger partial charge in [-0.05, 0) is 27.7 Å². The molecule has 118 valence electrons. The first-order chi connectivity index (χ1) is 8.98. The molecule has 0 unspecified atom stereocenters. The van der Waals surface area contributed by atoms with Crippen LogP contribution in [-0.2, 0) is 4.74 Å². The summed E-state index contributed by atoms with van der Waals surface area (Å²) < 4.78 is 41.8. The zero-order valence-corrected chi connectivity index (χ0v) is 12.5. The van der Waals surface area contributed by atoms with Crippen LogP contribution in [0, 0.1) is 0 Å². The number of carbonyl (C=O) groups is 1. The molecule has 1 aliphatic heterocycles. The van der Waals surface area contributed by atoms with Crippen LogP contribution in [0.1, 0.15) is 34.1 Å². The zero-order valence-electron chi connectivity index (χ0n) is 12.5. The van der Waals surface area contributed by atoms with E-state index in [2.05, 4.69) is 0 Å². The molecule has 1 fully saturated rings. The van der Waals surface area contributed by atoms with E-state index in [1.54, 1.807) is 30.6 Å². The zero-order chi connectivity index (χ0) is 15.6. The first-order valence-electron chi connectivity index (χ1n) is 6.77. The summed E-state index contributed by atoms with van der Waals surface area (Å²) in [5, 5.41) is 0. The fourth-order valence-corrected chi connectivity index (χ4v) is 2.11. The summed E-state index contributed by atoms with van der Waals surface area (Å²) in [6.45, 7) is 8.45. The Morgan fingerprint density at radius 2 is 1.85 bits per heavy atom. The number of amides is 1. The van der Waals surface area contributed by atoms with Gasteiger partial charge in [0.2, 0.25) is 0 Å². The molecule has 0 saturated carbocycles. The van der Waals surface area contributed by atoms with Crippen molar-refractivity contribution in [2.45, 2.75) is 51.9 Å². The number of piperazine rings is 1. The second-order valence-corrected chi connectivity index (χ2v) is 6.19. The van der Waals surface area contributed by atoms with E-state index in [0.717, 1.165) is 0 Å². The maximum absolute atomic E-state index is 12.2. The first kappa shape index (κ1) is 17.1. The SMILES string of the molecule is C[C@@H]1CN(CCC(F)(F)F)CCN1C(=O)OC(C)(C)C. The predicted octanol–water partition coefficient (Wildman–Crippen LogP) is 2.88. The van der Waals surface area contributed by atoms with Crippen LogP contribution in [0.3, 0.4) is 0 Å². The fraction of sp³-hybridized carbons (Fsp3) is 0.923. The van der Waals surface area contributed by atoms with Gasteiger partial charge in [-0.2, -0.15) is 13.2 Å². The Labute approximate surface area is 117 Å². The van der Waals surface area contributed by atoms with E-state index in [9.17, 15) is 18.0 Å². The molecule has 0 N–H and O–H groups in total. The standard InChI is InChI=1S/C13H23F3N2O2/c1-10-9-17(6-5-13(14,15)16)7-8-18(10)11(19)20-12(2,3)4/h10H,5-9H2,1-4H3/t10-/m1/s1. The van der Waals surface area contributed by atoms with Gasteiger partial charge in [-0.3, -0.25) is 4.90 Å². The lowest BCUT2D eigenvalue weighted by atomic mass is 10.2. The molecule has 0 aromatic carbocycles. The highest BCUT2D eigenvalue weighted by atomic mass is 19.4. The Hall–Kier alpha value is -0.980. The van der Waals surface area contributed by atoms with Crippen LogP contribution in [0.5, 0.6) is 0 Å². The van der Waals surface area contributed by atoms with Crippen LogP contribution < -0.4 is 0 Å². The van der Waals surface area contributed by atoms with Crippen LogP contribution >= 0.6 is 0 Å². The van der Waals surface area contributed by atoms with Crippen molar-refractivity contribution in [3.05, 3.63) is 0 Å². The third-order valence-corrected chi connectivity index (χ3v) is 3.05. The third kappa shape index (κ3) is 5.98. The minimum absolute atomic E-state index is 0.0179.